The van der Waals surface area contributed by atoms with Crippen molar-refractivity contribution in [2.75, 3.05) is 0 Å². The second-order valence-corrected chi connectivity index (χ2v) is 5.88. The Hall–Kier alpha value is -1.26. The topological polar surface area (TPSA) is 38.9 Å². The first kappa shape index (κ1) is 11.8. The van der Waals surface area contributed by atoms with Crippen LogP contribution in [0.4, 0.5) is 4.39 Å². The molecule has 2 N–H and O–H groups in total. The van der Waals surface area contributed by atoms with Gasteiger partial charge in [-0.15, -0.1) is 11.3 Å². The largest absolute Gasteiger partial charge is 0.323 e. The molecule has 0 saturated heterocycles. The van der Waals surface area contributed by atoms with E-state index in [9.17, 15) is 4.39 Å². The average Bonchev–Trinajstić information content (AvgIpc) is 2.73. The van der Waals surface area contributed by atoms with E-state index >= 15 is 0 Å². The maximum atomic E-state index is 13.4. The molecule has 4 heteroatoms. The molecule has 0 bridgehead atoms. The first-order chi connectivity index (χ1) is 8.63. The molecular formula is C14H15FN2S. The van der Waals surface area contributed by atoms with Crippen LogP contribution in [-0.2, 0) is 6.42 Å². The summed E-state index contributed by atoms with van der Waals surface area (Å²) in [4.78, 5) is 5.80. The summed E-state index contributed by atoms with van der Waals surface area (Å²) >= 11 is 1.61. The molecular weight excluding hydrogens is 247 g/mol. The fourth-order valence-corrected chi connectivity index (χ4v) is 3.57. The van der Waals surface area contributed by atoms with Crippen molar-refractivity contribution in [3.05, 3.63) is 40.2 Å². The van der Waals surface area contributed by atoms with E-state index in [-0.39, 0.29) is 11.9 Å². The van der Waals surface area contributed by atoms with Crippen molar-refractivity contribution in [2.24, 2.45) is 5.73 Å². The van der Waals surface area contributed by atoms with Crippen LogP contribution in [0, 0.1) is 12.7 Å². The number of thiazole rings is 1. The number of hydrogen-bond donors (Lipinski definition) is 1. The van der Waals surface area contributed by atoms with Gasteiger partial charge in [0.15, 0.2) is 0 Å². The minimum absolute atomic E-state index is 0.106. The van der Waals surface area contributed by atoms with Gasteiger partial charge in [-0.25, -0.2) is 9.37 Å². The highest BCUT2D eigenvalue weighted by Gasteiger charge is 2.22. The molecule has 0 aliphatic heterocycles. The predicted molar refractivity (Wildman–Crippen MR) is 72.1 cm³/mol. The number of benzene rings is 1. The second-order valence-electron chi connectivity index (χ2n) is 4.85. The fourth-order valence-electron chi connectivity index (χ4n) is 2.44. The van der Waals surface area contributed by atoms with Gasteiger partial charge in [0.1, 0.15) is 10.8 Å². The summed E-state index contributed by atoms with van der Waals surface area (Å²) in [6.07, 6.45) is 3.12. The number of rotatable bonds is 1. The molecule has 0 spiro atoms. The Morgan fingerprint density at radius 1 is 1.39 bits per heavy atom. The van der Waals surface area contributed by atoms with Gasteiger partial charge in [-0.3, -0.25) is 0 Å². The second kappa shape index (κ2) is 4.44. The average molecular weight is 262 g/mol. The molecule has 0 saturated carbocycles. The highest BCUT2D eigenvalue weighted by molar-refractivity contribution is 7.15. The highest BCUT2D eigenvalue weighted by Crippen LogP contribution is 2.37. The van der Waals surface area contributed by atoms with Crippen LogP contribution in [0.25, 0.3) is 10.6 Å². The minimum atomic E-state index is -0.206. The lowest BCUT2D eigenvalue weighted by molar-refractivity contribution is 0.573. The Kier molecular flexibility index (Phi) is 2.92. The third-order valence-electron chi connectivity index (χ3n) is 3.28. The third kappa shape index (κ3) is 2.06. The van der Waals surface area contributed by atoms with E-state index in [1.165, 1.54) is 10.9 Å². The SMILES string of the molecule is Cc1cc(F)cc(-c2nc3c(s2)C(N)CCC3)c1. The van der Waals surface area contributed by atoms with E-state index in [4.69, 9.17) is 5.73 Å². The van der Waals surface area contributed by atoms with Crippen LogP contribution < -0.4 is 5.73 Å². The molecule has 0 radical (unpaired) electrons. The standard InChI is InChI=1S/C14H15FN2S/c1-8-5-9(7-10(15)6-8)14-17-12-4-2-3-11(16)13(12)18-14/h5-7,11H,2-4,16H2,1H3. The number of hydrogen-bond acceptors (Lipinski definition) is 3. The smallest absolute Gasteiger partial charge is 0.124 e. The molecule has 1 aromatic carbocycles. The molecule has 3 rings (SSSR count). The van der Waals surface area contributed by atoms with Crippen molar-refractivity contribution in [1.82, 2.24) is 4.98 Å². The van der Waals surface area contributed by atoms with Gasteiger partial charge in [0.25, 0.3) is 0 Å². The van der Waals surface area contributed by atoms with Crippen molar-refractivity contribution in [3.8, 4) is 10.6 Å². The van der Waals surface area contributed by atoms with Gasteiger partial charge in [0.05, 0.1) is 5.69 Å². The number of aryl methyl sites for hydroxylation is 2. The third-order valence-corrected chi connectivity index (χ3v) is 4.56. The van der Waals surface area contributed by atoms with Crippen molar-refractivity contribution < 1.29 is 4.39 Å². The van der Waals surface area contributed by atoms with Crippen LogP contribution in [0.15, 0.2) is 18.2 Å². The summed E-state index contributed by atoms with van der Waals surface area (Å²) < 4.78 is 13.4. The molecule has 1 aliphatic rings. The normalized spacial score (nSPS) is 18.7. The van der Waals surface area contributed by atoms with E-state index in [0.717, 1.165) is 41.1 Å². The summed E-state index contributed by atoms with van der Waals surface area (Å²) in [6.45, 7) is 1.89. The Bertz CT molecular complexity index is 571. The quantitative estimate of drug-likeness (QED) is 0.853. The molecule has 0 fully saturated rings. The van der Waals surface area contributed by atoms with E-state index in [0.29, 0.717) is 0 Å². The van der Waals surface area contributed by atoms with Crippen molar-refractivity contribution in [3.63, 3.8) is 0 Å². The zero-order valence-corrected chi connectivity index (χ0v) is 11.1. The van der Waals surface area contributed by atoms with Gasteiger partial charge in [0.2, 0.25) is 0 Å². The van der Waals surface area contributed by atoms with E-state index in [1.807, 2.05) is 13.0 Å². The lowest BCUT2D eigenvalue weighted by Gasteiger charge is -2.15. The molecule has 2 nitrogen and oxygen atoms in total. The Morgan fingerprint density at radius 2 is 2.22 bits per heavy atom. The first-order valence-electron chi connectivity index (χ1n) is 6.16. The number of nitrogens with two attached hydrogens (primary N) is 1. The molecule has 1 aliphatic carbocycles. The molecule has 18 heavy (non-hydrogen) atoms. The molecule has 0 amide bonds. The molecule has 1 atom stereocenters. The van der Waals surface area contributed by atoms with Gasteiger partial charge in [-0.05, 0) is 49.9 Å². The van der Waals surface area contributed by atoms with Gasteiger partial charge >= 0.3 is 0 Å². The fraction of sp³-hybridized carbons (Fsp3) is 0.357. The first-order valence-corrected chi connectivity index (χ1v) is 6.98. The molecule has 1 aromatic heterocycles. The van der Waals surface area contributed by atoms with E-state index in [1.54, 1.807) is 17.4 Å². The Morgan fingerprint density at radius 3 is 2.94 bits per heavy atom. The highest BCUT2D eigenvalue weighted by atomic mass is 32.1. The van der Waals surface area contributed by atoms with Crippen LogP contribution in [0.5, 0.6) is 0 Å². The lowest BCUT2D eigenvalue weighted by Crippen LogP contribution is -2.15. The lowest BCUT2D eigenvalue weighted by atomic mass is 9.99. The van der Waals surface area contributed by atoms with Gasteiger partial charge < -0.3 is 5.73 Å². The summed E-state index contributed by atoms with van der Waals surface area (Å²) in [5.74, 6) is -0.206. The summed E-state index contributed by atoms with van der Waals surface area (Å²) in [5.41, 5.74) is 8.98. The number of nitrogens with zero attached hydrogens (tertiary/aromatic N) is 1. The maximum absolute atomic E-state index is 13.4. The van der Waals surface area contributed by atoms with Crippen LogP contribution in [-0.4, -0.2) is 4.98 Å². The zero-order chi connectivity index (χ0) is 12.7. The number of fused-ring (bicyclic) bond motifs is 1. The van der Waals surface area contributed by atoms with Gasteiger partial charge in [0, 0.05) is 16.5 Å². The molecule has 2 aromatic rings. The monoisotopic (exact) mass is 262 g/mol. The van der Waals surface area contributed by atoms with Crippen molar-refractivity contribution in [2.45, 2.75) is 32.2 Å². The summed E-state index contributed by atoms with van der Waals surface area (Å²) in [7, 11) is 0. The predicted octanol–water partition coefficient (Wildman–Crippen LogP) is 3.59. The number of halogens is 1. The van der Waals surface area contributed by atoms with Crippen molar-refractivity contribution >= 4 is 11.3 Å². The van der Waals surface area contributed by atoms with Crippen LogP contribution >= 0.6 is 11.3 Å². The van der Waals surface area contributed by atoms with Crippen molar-refractivity contribution in [1.29, 1.82) is 0 Å². The summed E-state index contributed by atoms with van der Waals surface area (Å²) in [6, 6.07) is 5.15. The molecule has 94 valence electrons. The van der Waals surface area contributed by atoms with Gasteiger partial charge in [-0.1, -0.05) is 0 Å². The Balaban J connectivity index is 2.07. The Labute approximate surface area is 110 Å². The van der Waals surface area contributed by atoms with Crippen LogP contribution in [0.1, 0.15) is 35.0 Å². The zero-order valence-electron chi connectivity index (χ0n) is 10.2. The molecule has 1 unspecified atom stereocenters. The maximum Gasteiger partial charge on any atom is 0.124 e. The van der Waals surface area contributed by atoms with Gasteiger partial charge in [-0.2, -0.15) is 0 Å². The van der Waals surface area contributed by atoms with E-state index in [2.05, 4.69) is 4.98 Å². The van der Waals surface area contributed by atoms with E-state index < -0.39 is 0 Å². The minimum Gasteiger partial charge on any atom is -0.323 e. The summed E-state index contributed by atoms with van der Waals surface area (Å²) in [5, 5.41) is 0.889. The number of aromatic nitrogens is 1. The van der Waals surface area contributed by atoms with Crippen LogP contribution in [0.3, 0.4) is 0 Å². The van der Waals surface area contributed by atoms with Crippen LogP contribution in [0.2, 0.25) is 0 Å². The molecule has 1 heterocycles.